The van der Waals surface area contributed by atoms with E-state index in [1.54, 1.807) is 6.34 Å². The average molecular weight is 380 g/mol. The third-order valence-corrected chi connectivity index (χ3v) is 4.96. The first-order valence-electron chi connectivity index (χ1n) is 9.64. The minimum Gasteiger partial charge on any atom is -0.369 e. The molecule has 1 heterocycles. The van der Waals surface area contributed by atoms with E-state index in [9.17, 15) is 0 Å². The Hall–Kier alpha value is -3.66. The van der Waals surface area contributed by atoms with E-state index in [1.165, 1.54) is 0 Å². The molecule has 0 aliphatic carbocycles. The standard InChI is InChI=1S/C25H24N4/c1-28(2)20-27-24-26-18-19-29(24)25(21-12-6-3-7-13-21,22-14-8-4-9-15-22)23-16-10-5-11-17-23/h3-20H,1-2H3/b27-20+. The molecule has 0 saturated carbocycles. The normalized spacial score (nSPS) is 11.7. The van der Waals surface area contributed by atoms with Gasteiger partial charge in [-0.05, 0) is 16.7 Å². The van der Waals surface area contributed by atoms with E-state index in [2.05, 4.69) is 87.3 Å². The summed E-state index contributed by atoms with van der Waals surface area (Å²) in [7, 11) is 3.91. The van der Waals surface area contributed by atoms with Crippen molar-refractivity contribution in [3.63, 3.8) is 0 Å². The van der Waals surface area contributed by atoms with Gasteiger partial charge < -0.3 is 4.90 Å². The Labute approximate surface area is 171 Å². The lowest BCUT2D eigenvalue weighted by Gasteiger charge is -2.37. The smallest absolute Gasteiger partial charge is 0.232 e. The summed E-state index contributed by atoms with van der Waals surface area (Å²) in [5, 5.41) is 0. The summed E-state index contributed by atoms with van der Waals surface area (Å²) in [6.45, 7) is 0. The second-order valence-corrected chi connectivity index (χ2v) is 7.11. The topological polar surface area (TPSA) is 33.4 Å². The van der Waals surface area contributed by atoms with Crippen LogP contribution in [-0.4, -0.2) is 34.9 Å². The molecule has 0 unspecified atom stereocenters. The van der Waals surface area contributed by atoms with Gasteiger partial charge in [0.2, 0.25) is 5.95 Å². The molecule has 29 heavy (non-hydrogen) atoms. The zero-order valence-electron chi connectivity index (χ0n) is 16.7. The Bertz CT molecular complexity index is 971. The van der Waals surface area contributed by atoms with Gasteiger partial charge in [-0.3, -0.25) is 4.57 Å². The first-order chi connectivity index (χ1) is 14.2. The quantitative estimate of drug-likeness (QED) is 0.270. The third kappa shape index (κ3) is 3.45. The van der Waals surface area contributed by atoms with Crippen molar-refractivity contribution in [2.75, 3.05) is 14.1 Å². The van der Waals surface area contributed by atoms with Crippen LogP contribution in [0.5, 0.6) is 0 Å². The fraction of sp³-hybridized carbons (Fsp3) is 0.120. The molecule has 1 aromatic heterocycles. The molecular formula is C25H24N4. The van der Waals surface area contributed by atoms with E-state index in [4.69, 9.17) is 0 Å². The van der Waals surface area contributed by atoms with Gasteiger partial charge in [0.05, 0.1) is 6.34 Å². The summed E-state index contributed by atoms with van der Waals surface area (Å²) in [5.74, 6) is 0.648. The number of aliphatic imine (C=N–C) groups is 1. The van der Waals surface area contributed by atoms with Crippen LogP contribution in [0.2, 0.25) is 0 Å². The average Bonchev–Trinajstić information content (AvgIpc) is 3.24. The van der Waals surface area contributed by atoms with Crippen molar-refractivity contribution >= 4 is 12.3 Å². The predicted octanol–water partition coefficient (Wildman–Crippen LogP) is 4.94. The predicted molar refractivity (Wildman–Crippen MR) is 119 cm³/mol. The van der Waals surface area contributed by atoms with Gasteiger partial charge >= 0.3 is 0 Å². The molecule has 0 aliphatic rings. The fourth-order valence-corrected chi connectivity index (χ4v) is 3.78. The van der Waals surface area contributed by atoms with Crippen LogP contribution in [0.25, 0.3) is 0 Å². The van der Waals surface area contributed by atoms with E-state index in [0.717, 1.165) is 16.7 Å². The lowest BCUT2D eigenvalue weighted by molar-refractivity contribution is 0.518. The highest BCUT2D eigenvalue weighted by Crippen LogP contribution is 2.42. The number of nitrogens with zero attached hydrogens (tertiary/aromatic N) is 4. The van der Waals surface area contributed by atoms with Crippen LogP contribution < -0.4 is 0 Å². The minimum atomic E-state index is -0.598. The van der Waals surface area contributed by atoms with Gasteiger partial charge in [0.15, 0.2) is 0 Å². The molecule has 0 aliphatic heterocycles. The van der Waals surface area contributed by atoms with Crippen LogP contribution in [0.3, 0.4) is 0 Å². The molecule has 144 valence electrons. The maximum absolute atomic E-state index is 4.66. The number of benzene rings is 3. The number of imidazole rings is 1. The molecule has 0 bridgehead atoms. The molecule has 0 radical (unpaired) electrons. The van der Waals surface area contributed by atoms with Crippen LogP contribution in [0.1, 0.15) is 16.7 Å². The third-order valence-electron chi connectivity index (χ3n) is 4.96. The van der Waals surface area contributed by atoms with Crippen molar-refractivity contribution in [3.05, 3.63) is 120 Å². The molecule has 4 rings (SSSR count). The zero-order valence-corrected chi connectivity index (χ0v) is 16.7. The van der Waals surface area contributed by atoms with Gasteiger partial charge in [-0.1, -0.05) is 91.0 Å². The Morgan fingerprint density at radius 1 is 0.759 bits per heavy atom. The fourth-order valence-electron chi connectivity index (χ4n) is 3.78. The second-order valence-electron chi connectivity index (χ2n) is 7.11. The molecule has 4 aromatic rings. The highest BCUT2D eigenvalue weighted by Gasteiger charge is 2.39. The highest BCUT2D eigenvalue weighted by molar-refractivity contribution is 5.59. The Morgan fingerprint density at radius 2 is 1.21 bits per heavy atom. The summed E-state index contributed by atoms with van der Waals surface area (Å²) < 4.78 is 2.16. The van der Waals surface area contributed by atoms with E-state index >= 15 is 0 Å². The first-order valence-corrected chi connectivity index (χ1v) is 9.64. The van der Waals surface area contributed by atoms with Crippen LogP contribution in [-0.2, 0) is 5.54 Å². The summed E-state index contributed by atoms with van der Waals surface area (Å²) in [6.07, 6.45) is 5.60. The Kier molecular flexibility index (Phi) is 5.25. The van der Waals surface area contributed by atoms with Crippen LogP contribution in [0.15, 0.2) is 108 Å². The van der Waals surface area contributed by atoms with Crippen molar-refractivity contribution in [1.29, 1.82) is 0 Å². The second kappa shape index (κ2) is 8.15. The van der Waals surface area contributed by atoms with Gasteiger partial charge in [-0.15, -0.1) is 0 Å². The molecule has 4 nitrogen and oxygen atoms in total. The lowest BCUT2D eigenvalue weighted by Crippen LogP contribution is -2.37. The number of aromatic nitrogens is 2. The van der Waals surface area contributed by atoms with Gasteiger partial charge in [-0.2, -0.15) is 0 Å². The zero-order chi connectivity index (χ0) is 20.1. The lowest BCUT2D eigenvalue weighted by atomic mass is 9.76. The molecule has 0 amide bonds. The van der Waals surface area contributed by atoms with E-state index < -0.39 is 5.54 Å². The molecule has 4 heteroatoms. The summed E-state index contributed by atoms with van der Waals surface area (Å²) in [4.78, 5) is 11.1. The van der Waals surface area contributed by atoms with Crippen molar-refractivity contribution < 1.29 is 0 Å². The maximum atomic E-state index is 4.66. The van der Waals surface area contributed by atoms with E-state index in [-0.39, 0.29) is 0 Å². The number of hydrogen-bond acceptors (Lipinski definition) is 2. The van der Waals surface area contributed by atoms with Crippen LogP contribution in [0, 0.1) is 0 Å². The van der Waals surface area contributed by atoms with Gasteiger partial charge in [0.1, 0.15) is 5.54 Å². The monoisotopic (exact) mass is 380 g/mol. The van der Waals surface area contributed by atoms with Crippen LogP contribution >= 0.6 is 0 Å². The molecule has 3 aromatic carbocycles. The van der Waals surface area contributed by atoms with Crippen LogP contribution in [0.4, 0.5) is 5.95 Å². The molecule has 0 fully saturated rings. The summed E-state index contributed by atoms with van der Waals surface area (Å²) in [5.41, 5.74) is 2.85. The van der Waals surface area contributed by atoms with E-state index in [0.29, 0.717) is 5.95 Å². The minimum absolute atomic E-state index is 0.598. The molecule has 0 saturated heterocycles. The highest BCUT2D eigenvalue weighted by atomic mass is 15.2. The number of rotatable bonds is 6. The van der Waals surface area contributed by atoms with Gasteiger partial charge in [0, 0.05) is 26.5 Å². The van der Waals surface area contributed by atoms with Gasteiger partial charge in [0.25, 0.3) is 0 Å². The molecular weight excluding hydrogens is 356 g/mol. The van der Waals surface area contributed by atoms with Gasteiger partial charge in [-0.25, -0.2) is 9.98 Å². The van der Waals surface area contributed by atoms with Crippen molar-refractivity contribution in [3.8, 4) is 0 Å². The van der Waals surface area contributed by atoms with E-state index in [1.807, 2.05) is 49.6 Å². The molecule has 0 N–H and O–H groups in total. The van der Waals surface area contributed by atoms with Crippen molar-refractivity contribution in [2.45, 2.75) is 5.54 Å². The maximum Gasteiger partial charge on any atom is 0.232 e. The number of hydrogen-bond donors (Lipinski definition) is 0. The largest absolute Gasteiger partial charge is 0.369 e. The Balaban J connectivity index is 2.09. The molecule has 0 atom stereocenters. The molecule has 0 spiro atoms. The summed E-state index contributed by atoms with van der Waals surface area (Å²) in [6, 6.07) is 31.6. The Morgan fingerprint density at radius 3 is 1.62 bits per heavy atom. The first kappa shape index (κ1) is 18.7. The summed E-state index contributed by atoms with van der Waals surface area (Å²) >= 11 is 0. The van der Waals surface area contributed by atoms with Crippen molar-refractivity contribution in [1.82, 2.24) is 14.5 Å². The SMILES string of the molecule is CN(C)/C=N/c1nccn1C(c1ccccc1)(c1ccccc1)c1ccccc1. The van der Waals surface area contributed by atoms with Crippen molar-refractivity contribution in [2.24, 2.45) is 4.99 Å².